The summed E-state index contributed by atoms with van der Waals surface area (Å²) < 4.78 is 37.4. The van der Waals surface area contributed by atoms with Gasteiger partial charge in [-0.25, -0.2) is 0 Å². The molecule has 0 saturated heterocycles. The van der Waals surface area contributed by atoms with Crippen molar-refractivity contribution < 1.29 is 13.2 Å². The zero-order valence-corrected chi connectivity index (χ0v) is 9.38. The van der Waals surface area contributed by atoms with Gasteiger partial charge in [0.25, 0.3) is 0 Å². The molecule has 1 nitrogen and oxygen atoms in total. The monoisotopic (exact) mass is 231 g/mol. The lowest BCUT2D eigenvalue weighted by molar-refractivity contribution is -0.137. The molecule has 4 heteroatoms. The molecule has 1 unspecified atom stereocenters. The van der Waals surface area contributed by atoms with E-state index in [2.05, 4.69) is 0 Å². The van der Waals surface area contributed by atoms with Gasteiger partial charge in [0.2, 0.25) is 0 Å². The summed E-state index contributed by atoms with van der Waals surface area (Å²) in [6.07, 6.45) is -3.46. The Balaban J connectivity index is 2.99. The van der Waals surface area contributed by atoms with Crippen LogP contribution in [0, 0.1) is 5.92 Å². The quantitative estimate of drug-likeness (QED) is 0.842. The maximum Gasteiger partial charge on any atom is 0.416 e. The Morgan fingerprint density at radius 2 is 1.94 bits per heavy atom. The Labute approximate surface area is 93.5 Å². The van der Waals surface area contributed by atoms with Gasteiger partial charge in [-0.2, -0.15) is 13.2 Å². The largest absolute Gasteiger partial charge is 0.416 e. The van der Waals surface area contributed by atoms with Crippen LogP contribution in [0.15, 0.2) is 24.3 Å². The van der Waals surface area contributed by atoms with Crippen LogP contribution in [0.3, 0.4) is 0 Å². The van der Waals surface area contributed by atoms with Gasteiger partial charge in [-0.1, -0.05) is 32.4 Å². The topological polar surface area (TPSA) is 26.0 Å². The van der Waals surface area contributed by atoms with E-state index < -0.39 is 11.7 Å². The highest BCUT2D eigenvalue weighted by Gasteiger charge is 2.30. The number of rotatable bonds is 3. The van der Waals surface area contributed by atoms with Crippen molar-refractivity contribution in [3.63, 3.8) is 0 Å². The summed E-state index contributed by atoms with van der Waals surface area (Å²) >= 11 is 0. The molecule has 0 aliphatic rings. The molecule has 0 spiro atoms. The third-order valence-corrected chi connectivity index (χ3v) is 2.86. The van der Waals surface area contributed by atoms with Crippen molar-refractivity contribution in [2.75, 3.05) is 0 Å². The number of halogens is 3. The Kier molecular flexibility index (Phi) is 3.97. The fraction of sp³-hybridized carbons (Fsp3) is 0.500. The van der Waals surface area contributed by atoms with E-state index in [0.717, 1.165) is 18.6 Å². The van der Waals surface area contributed by atoms with E-state index in [0.29, 0.717) is 5.56 Å². The first-order chi connectivity index (χ1) is 7.36. The van der Waals surface area contributed by atoms with Gasteiger partial charge >= 0.3 is 6.18 Å². The Hall–Kier alpha value is -1.03. The molecule has 0 aromatic heterocycles. The maximum atomic E-state index is 12.5. The minimum absolute atomic E-state index is 0.170. The minimum atomic E-state index is -4.30. The highest BCUT2D eigenvalue weighted by atomic mass is 19.4. The Morgan fingerprint density at radius 1 is 1.31 bits per heavy atom. The van der Waals surface area contributed by atoms with E-state index in [9.17, 15) is 13.2 Å². The molecule has 0 bridgehead atoms. The van der Waals surface area contributed by atoms with Gasteiger partial charge < -0.3 is 5.73 Å². The number of benzene rings is 1. The predicted molar refractivity (Wildman–Crippen MR) is 57.8 cm³/mol. The molecule has 0 aliphatic carbocycles. The van der Waals surface area contributed by atoms with Crippen LogP contribution in [-0.2, 0) is 6.18 Å². The number of alkyl halides is 3. The molecule has 0 fully saturated rings. The van der Waals surface area contributed by atoms with Crippen LogP contribution in [-0.4, -0.2) is 0 Å². The van der Waals surface area contributed by atoms with Crippen molar-refractivity contribution in [1.82, 2.24) is 0 Å². The number of hydrogen-bond donors (Lipinski definition) is 1. The highest BCUT2D eigenvalue weighted by molar-refractivity contribution is 5.28. The first-order valence-electron chi connectivity index (χ1n) is 5.29. The van der Waals surface area contributed by atoms with E-state index in [1.54, 1.807) is 6.07 Å². The molecule has 0 radical (unpaired) electrons. The molecule has 0 aliphatic heterocycles. The zero-order valence-electron chi connectivity index (χ0n) is 9.38. The summed E-state index contributed by atoms with van der Waals surface area (Å²) in [5.41, 5.74) is 5.80. The average molecular weight is 231 g/mol. The molecule has 1 aromatic carbocycles. The maximum absolute atomic E-state index is 12.5. The van der Waals surface area contributed by atoms with Crippen LogP contribution in [0.25, 0.3) is 0 Å². The van der Waals surface area contributed by atoms with Crippen molar-refractivity contribution in [1.29, 1.82) is 0 Å². The van der Waals surface area contributed by atoms with Gasteiger partial charge in [0, 0.05) is 6.04 Å². The summed E-state index contributed by atoms with van der Waals surface area (Å²) in [5.74, 6) is 0.170. The summed E-state index contributed by atoms with van der Waals surface area (Å²) in [6.45, 7) is 3.91. The molecular weight excluding hydrogens is 215 g/mol. The van der Waals surface area contributed by atoms with Crippen LogP contribution >= 0.6 is 0 Å². The molecule has 0 saturated carbocycles. The van der Waals surface area contributed by atoms with Crippen LogP contribution in [0.4, 0.5) is 13.2 Å². The van der Waals surface area contributed by atoms with Crippen molar-refractivity contribution in [2.45, 2.75) is 32.5 Å². The first kappa shape index (κ1) is 13.0. The summed E-state index contributed by atoms with van der Waals surface area (Å²) in [4.78, 5) is 0. The molecule has 2 atom stereocenters. The van der Waals surface area contributed by atoms with Gasteiger partial charge in [0.1, 0.15) is 0 Å². The molecule has 16 heavy (non-hydrogen) atoms. The van der Waals surface area contributed by atoms with Crippen LogP contribution in [0.5, 0.6) is 0 Å². The molecule has 0 heterocycles. The van der Waals surface area contributed by atoms with E-state index >= 15 is 0 Å². The molecule has 1 aromatic rings. The highest BCUT2D eigenvalue weighted by Crippen LogP contribution is 2.31. The molecular formula is C12H16F3N. The normalized spacial score (nSPS) is 15.9. The van der Waals surface area contributed by atoms with Crippen molar-refractivity contribution >= 4 is 0 Å². The lowest BCUT2D eigenvalue weighted by Crippen LogP contribution is -2.19. The first-order valence-corrected chi connectivity index (χ1v) is 5.29. The second kappa shape index (κ2) is 4.87. The van der Waals surface area contributed by atoms with E-state index in [4.69, 9.17) is 5.73 Å². The molecule has 1 rings (SSSR count). The fourth-order valence-electron chi connectivity index (χ4n) is 1.50. The van der Waals surface area contributed by atoms with Crippen LogP contribution in [0.2, 0.25) is 0 Å². The third kappa shape index (κ3) is 2.98. The van der Waals surface area contributed by atoms with Gasteiger partial charge in [-0.3, -0.25) is 0 Å². The van der Waals surface area contributed by atoms with Gasteiger partial charge in [-0.15, -0.1) is 0 Å². The summed E-state index contributed by atoms with van der Waals surface area (Å²) in [5, 5.41) is 0. The van der Waals surface area contributed by atoms with Crippen molar-refractivity contribution in [2.24, 2.45) is 11.7 Å². The lowest BCUT2D eigenvalue weighted by Gasteiger charge is -2.19. The van der Waals surface area contributed by atoms with E-state index in [1.165, 1.54) is 6.07 Å². The standard InChI is InChI=1S/C12H16F3N/c1-3-8(2)11(16)9-5-4-6-10(7-9)12(13,14)15/h4-8,11H,3,16H2,1-2H3/t8?,11-/m0/s1. The minimum Gasteiger partial charge on any atom is -0.324 e. The van der Waals surface area contributed by atoms with Crippen LogP contribution in [0.1, 0.15) is 37.4 Å². The number of hydrogen-bond acceptors (Lipinski definition) is 1. The summed E-state index contributed by atoms with van der Waals surface area (Å²) in [7, 11) is 0. The SMILES string of the molecule is CCC(C)[C@H](N)c1cccc(C(F)(F)F)c1. The zero-order chi connectivity index (χ0) is 12.3. The Bertz CT molecular complexity index is 346. The average Bonchev–Trinajstić information content (AvgIpc) is 2.26. The lowest BCUT2D eigenvalue weighted by atomic mass is 9.92. The van der Waals surface area contributed by atoms with Gasteiger partial charge in [-0.05, 0) is 23.6 Å². The second-order valence-electron chi connectivity index (χ2n) is 4.03. The van der Waals surface area contributed by atoms with Crippen molar-refractivity contribution in [3.05, 3.63) is 35.4 Å². The van der Waals surface area contributed by atoms with E-state index in [-0.39, 0.29) is 12.0 Å². The molecule has 2 N–H and O–H groups in total. The van der Waals surface area contributed by atoms with Crippen molar-refractivity contribution in [3.8, 4) is 0 Å². The molecule has 0 amide bonds. The van der Waals surface area contributed by atoms with Crippen LogP contribution < -0.4 is 5.73 Å². The predicted octanol–water partition coefficient (Wildman–Crippen LogP) is 3.75. The Morgan fingerprint density at radius 3 is 2.44 bits per heavy atom. The fourth-order valence-corrected chi connectivity index (χ4v) is 1.50. The molecule has 90 valence electrons. The third-order valence-electron chi connectivity index (χ3n) is 2.86. The van der Waals surface area contributed by atoms with E-state index in [1.807, 2.05) is 13.8 Å². The van der Waals surface area contributed by atoms with Gasteiger partial charge in [0.05, 0.1) is 5.56 Å². The van der Waals surface area contributed by atoms with Gasteiger partial charge in [0.15, 0.2) is 0 Å². The smallest absolute Gasteiger partial charge is 0.324 e. The second-order valence-corrected chi connectivity index (χ2v) is 4.03. The summed E-state index contributed by atoms with van der Waals surface area (Å²) in [6, 6.07) is 4.91. The number of nitrogens with two attached hydrogens (primary N) is 1.